The maximum absolute atomic E-state index is 9.25. The molecule has 0 amide bonds. The average Bonchev–Trinajstić information content (AvgIpc) is 2.68. The Hall–Kier alpha value is -0.340. The Balaban J connectivity index is 1.95. The second-order valence-electron chi connectivity index (χ2n) is 3.09. The fourth-order valence-electron chi connectivity index (χ4n) is 1.48. The summed E-state index contributed by atoms with van der Waals surface area (Å²) in [5.41, 5.74) is 0. The Bertz CT molecular complexity index is 149. The van der Waals surface area contributed by atoms with Crippen LogP contribution in [-0.2, 0) is 4.74 Å². The lowest BCUT2D eigenvalue weighted by atomic mass is 9.91. The molecule has 56 valence electrons. The van der Waals surface area contributed by atoms with Crippen molar-refractivity contribution >= 4 is 0 Å². The van der Waals surface area contributed by atoms with Crippen molar-refractivity contribution in [1.29, 1.82) is 0 Å². The van der Waals surface area contributed by atoms with E-state index in [0.29, 0.717) is 12.0 Å². The molecule has 1 aliphatic carbocycles. The topological polar surface area (TPSA) is 32.8 Å². The van der Waals surface area contributed by atoms with E-state index in [4.69, 9.17) is 4.74 Å². The van der Waals surface area contributed by atoms with Crippen LogP contribution in [0, 0.1) is 5.92 Å². The monoisotopic (exact) mass is 140 g/mol. The van der Waals surface area contributed by atoms with E-state index in [-0.39, 0.29) is 6.10 Å². The molecule has 1 heterocycles. The van der Waals surface area contributed by atoms with Crippen molar-refractivity contribution in [3.8, 4) is 0 Å². The molecule has 2 rings (SSSR count). The molecule has 0 saturated carbocycles. The van der Waals surface area contributed by atoms with Crippen LogP contribution in [-0.4, -0.2) is 23.9 Å². The summed E-state index contributed by atoms with van der Waals surface area (Å²) in [5.74, 6) is 0.490. The normalized spacial score (nSPS) is 45.5. The zero-order valence-corrected chi connectivity index (χ0v) is 5.86. The summed E-state index contributed by atoms with van der Waals surface area (Å²) in [6.07, 6.45) is 6.24. The molecule has 3 unspecified atom stereocenters. The van der Waals surface area contributed by atoms with Crippen LogP contribution >= 0.6 is 0 Å². The van der Waals surface area contributed by atoms with Gasteiger partial charge in [-0.05, 0) is 12.8 Å². The fourth-order valence-corrected chi connectivity index (χ4v) is 1.48. The molecule has 0 radical (unpaired) electrons. The highest BCUT2D eigenvalue weighted by atomic mass is 16.6. The third-order valence-corrected chi connectivity index (χ3v) is 2.17. The van der Waals surface area contributed by atoms with E-state index in [1.807, 2.05) is 0 Å². The molecule has 0 spiro atoms. The number of aliphatic hydroxyl groups excluding tert-OH is 1. The van der Waals surface area contributed by atoms with E-state index in [2.05, 4.69) is 12.2 Å². The molecule has 0 aromatic rings. The average molecular weight is 140 g/mol. The zero-order chi connectivity index (χ0) is 6.97. The van der Waals surface area contributed by atoms with Crippen LogP contribution < -0.4 is 0 Å². The van der Waals surface area contributed by atoms with Gasteiger partial charge < -0.3 is 9.84 Å². The number of ether oxygens (including phenoxy) is 1. The highest BCUT2D eigenvalue weighted by Gasteiger charge is 2.33. The number of hydrogen-bond acceptors (Lipinski definition) is 2. The SMILES string of the molecule is OC1CC=CC(C2CO2)C1. The van der Waals surface area contributed by atoms with E-state index < -0.39 is 0 Å². The highest BCUT2D eigenvalue weighted by molar-refractivity contribution is 5.01. The number of hydrogen-bond donors (Lipinski definition) is 1. The Kier molecular flexibility index (Phi) is 1.51. The van der Waals surface area contributed by atoms with E-state index in [9.17, 15) is 5.11 Å². The summed E-state index contributed by atoms with van der Waals surface area (Å²) in [4.78, 5) is 0. The molecule has 0 bridgehead atoms. The quantitative estimate of drug-likeness (QED) is 0.430. The van der Waals surface area contributed by atoms with Crippen LogP contribution in [0.2, 0.25) is 0 Å². The summed E-state index contributed by atoms with van der Waals surface area (Å²) >= 11 is 0. The second-order valence-corrected chi connectivity index (χ2v) is 3.09. The summed E-state index contributed by atoms with van der Waals surface area (Å²) in [6.45, 7) is 0.891. The first-order valence-corrected chi connectivity index (χ1v) is 3.82. The summed E-state index contributed by atoms with van der Waals surface area (Å²) in [5, 5.41) is 9.25. The van der Waals surface area contributed by atoms with Gasteiger partial charge in [-0.15, -0.1) is 0 Å². The molecule has 2 nitrogen and oxygen atoms in total. The van der Waals surface area contributed by atoms with Crippen molar-refractivity contribution in [2.24, 2.45) is 5.92 Å². The van der Waals surface area contributed by atoms with Gasteiger partial charge in [-0.25, -0.2) is 0 Å². The minimum absolute atomic E-state index is 0.126. The van der Waals surface area contributed by atoms with E-state index in [0.717, 1.165) is 19.4 Å². The maximum atomic E-state index is 9.25. The maximum Gasteiger partial charge on any atom is 0.0873 e. The third-order valence-electron chi connectivity index (χ3n) is 2.17. The lowest BCUT2D eigenvalue weighted by Crippen LogP contribution is -2.19. The van der Waals surface area contributed by atoms with Crippen molar-refractivity contribution in [2.45, 2.75) is 25.0 Å². The standard InChI is InChI=1S/C8H12O2/c9-7-3-1-2-6(4-7)8-5-10-8/h1-2,6-9H,3-5H2. The van der Waals surface area contributed by atoms with Crippen molar-refractivity contribution < 1.29 is 9.84 Å². The minimum Gasteiger partial charge on any atom is -0.393 e. The smallest absolute Gasteiger partial charge is 0.0873 e. The Morgan fingerprint density at radius 3 is 2.90 bits per heavy atom. The van der Waals surface area contributed by atoms with Crippen molar-refractivity contribution in [1.82, 2.24) is 0 Å². The van der Waals surface area contributed by atoms with Gasteiger partial charge in [0.05, 0.1) is 18.8 Å². The lowest BCUT2D eigenvalue weighted by Gasteiger charge is -2.18. The highest BCUT2D eigenvalue weighted by Crippen LogP contribution is 2.29. The molecular formula is C8H12O2. The molecule has 1 saturated heterocycles. The van der Waals surface area contributed by atoms with Crippen molar-refractivity contribution in [3.05, 3.63) is 12.2 Å². The largest absolute Gasteiger partial charge is 0.393 e. The number of epoxide rings is 1. The second kappa shape index (κ2) is 2.36. The molecule has 10 heavy (non-hydrogen) atoms. The van der Waals surface area contributed by atoms with Crippen LogP contribution in [0.25, 0.3) is 0 Å². The Labute approximate surface area is 60.5 Å². The van der Waals surface area contributed by atoms with Crippen LogP contribution in [0.5, 0.6) is 0 Å². The van der Waals surface area contributed by atoms with Gasteiger partial charge in [0, 0.05) is 5.92 Å². The van der Waals surface area contributed by atoms with Crippen molar-refractivity contribution in [2.75, 3.05) is 6.61 Å². The van der Waals surface area contributed by atoms with E-state index >= 15 is 0 Å². The van der Waals surface area contributed by atoms with Gasteiger partial charge in [0.1, 0.15) is 0 Å². The molecule has 1 fully saturated rings. The molecule has 3 atom stereocenters. The van der Waals surface area contributed by atoms with Gasteiger partial charge >= 0.3 is 0 Å². The van der Waals surface area contributed by atoms with Crippen LogP contribution in [0.4, 0.5) is 0 Å². The molecule has 1 aliphatic heterocycles. The predicted molar refractivity (Wildman–Crippen MR) is 37.6 cm³/mol. The number of aliphatic hydroxyl groups is 1. The lowest BCUT2D eigenvalue weighted by molar-refractivity contribution is 0.138. The first kappa shape index (κ1) is 6.38. The molecule has 1 N–H and O–H groups in total. The summed E-state index contributed by atoms with van der Waals surface area (Å²) < 4.78 is 5.13. The van der Waals surface area contributed by atoms with Gasteiger partial charge in [0.25, 0.3) is 0 Å². The molecule has 2 heteroatoms. The van der Waals surface area contributed by atoms with Crippen molar-refractivity contribution in [3.63, 3.8) is 0 Å². The fraction of sp³-hybridized carbons (Fsp3) is 0.750. The van der Waals surface area contributed by atoms with Crippen LogP contribution in [0.15, 0.2) is 12.2 Å². The molecule has 0 aromatic carbocycles. The van der Waals surface area contributed by atoms with Gasteiger partial charge in [-0.1, -0.05) is 12.2 Å². The van der Waals surface area contributed by atoms with Gasteiger partial charge in [0.15, 0.2) is 0 Å². The predicted octanol–water partition coefficient (Wildman–Crippen LogP) is 0.712. The molecule has 2 aliphatic rings. The third kappa shape index (κ3) is 1.22. The Morgan fingerprint density at radius 1 is 1.50 bits per heavy atom. The van der Waals surface area contributed by atoms with Crippen LogP contribution in [0.1, 0.15) is 12.8 Å². The molecule has 0 aromatic heterocycles. The summed E-state index contributed by atoms with van der Waals surface area (Å²) in [7, 11) is 0. The van der Waals surface area contributed by atoms with Gasteiger partial charge in [0.2, 0.25) is 0 Å². The van der Waals surface area contributed by atoms with E-state index in [1.54, 1.807) is 0 Å². The van der Waals surface area contributed by atoms with Gasteiger partial charge in [-0.3, -0.25) is 0 Å². The first-order valence-electron chi connectivity index (χ1n) is 3.82. The van der Waals surface area contributed by atoms with Gasteiger partial charge in [-0.2, -0.15) is 0 Å². The first-order chi connectivity index (χ1) is 4.86. The van der Waals surface area contributed by atoms with Crippen LogP contribution in [0.3, 0.4) is 0 Å². The van der Waals surface area contributed by atoms with E-state index in [1.165, 1.54) is 0 Å². The number of rotatable bonds is 1. The summed E-state index contributed by atoms with van der Waals surface area (Å²) in [6, 6.07) is 0. The minimum atomic E-state index is -0.126. The zero-order valence-electron chi connectivity index (χ0n) is 5.86. The Morgan fingerprint density at radius 2 is 2.30 bits per heavy atom. The molecular weight excluding hydrogens is 128 g/mol.